The fourth-order valence-corrected chi connectivity index (χ4v) is 2.00. The molecule has 0 aromatic heterocycles. The van der Waals surface area contributed by atoms with E-state index in [0.717, 1.165) is 0 Å². The zero-order chi connectivity index (χ0) is 11.9. The minimum atomic E-state index is -0.676. The number of nitrogens with two attached hydrogens (primary N) is 1. The van der Waals surface area contributed by atoms with Crippen LogP contribution in [0, 0.1) is 0 Å². The maximum atomic E-state index is 11.8. The second kappa shape index (κ2) is 3.68. The summed E-state index contributed by atoms with van der Waals surface area (Å²) in [5, 5.41) is 0. The topological polar surface area (TPSA) is 64.8 Å². The molecule has 5 nitrogen and oxygen atoms in total. The van der Waals surface area contributed by atoms with Crippen molar-refractivity contribution in [1.29, 1.82) is 0 Å². The smallest absolute Gasteiger partial charge is 0.248 e. The summed E-state index contributed by atoms with van der Waals surface area (Å²) in [6.07, 6.45) is 0. The van der Waals surface area contributed by atoms with E-state index >= 15 is 0 Å². The number of ether oxygens (including phenoxy) is 2. The van der Waals surface area contributed by atoms with Crippen LogP contribution in [0.1, 0.15) is 11.6 Å². The Balaban J connectivity index is 2.69. The van der Waals surface area contributed by atoms with Crippen molar-refractivity contribution >= 4 is 11.6 Å². The van der Waals surface area contributed by atoms with E-state index in [9.17, 15) is 4.79 Å². The van der Waals surface area contributed by atoms with Gasteiger partial charge in [-0.25, -0.2) is 0 Å². The molecule has 1 heterocycles. The third-order valence-electron chi connectivity index (χ3n) is 2.82. The maximum Gasteiger partial charge on any atom is 0.248 e. The molecule has 1 aromatic rings. The molecule has 1 unspecified atom stereocenters. The minimum absolute atomic E-state index is 0.155. The van der Waals surface area contributed by atoms with Gasteiger partial charge in [-0.3, -0.25) is 4.79 Å². The van der Waals surface area contributed by atoms with Crippen molar-refractivity contribution in [2.75, 3.05) is 26.2 Å². The van der Waals surface area contributed by atoms with Crippen molar-refractivity contribution in [2.45, 2.75) is 6.04 Å². The van der Waals surface area contributed by atoms with Gasteiger partial charge in [-0.1, -0.05) is 0 Å². The summed E-state index contributed by atoms with van der Waals surface area (Å²) in [5.74, 6) is 1.08. The molecule has 1 aliphatic rings. The molecule has 1 aromatic carbocycles. The number of methoxy groups -OCH3 is 2. The van der Waals surface area contributed by atoms with E-state index in [1.165, 1.54) is 4.90 Å². The monoisotopic (exact) mass is 222 g/mol. The van der Waals surface area contributed by atoms with Crippen LogP contribution in [0.3, 0.4) is 0 Å². The highest BCUT2D eigenvalue weighted by Gasteiger charge is 2.37. The lowest BCUT2D eigenvalue weighted by molar-refractivity contribution is -0.118. The summed E-state index contributed by atoms with van der Waals surface area (Å²) >= 11 is 0. The fraction of sp³-hybridized carbons (Fsp3) is 0.364. The highest BCUT2D eigenvalue weighted by Crippen LogP contribution is 2.45. The Bertz CT molecular complexity index is 406. The summed E-state index contributed by atoms with van der Waals surface area (Å²) in [6, 6.07) is 2.84. The number of amides is 1. The van der Waals surface area contributed by atoms with Gasteiger partial charge in [-0.05, 0) is 12.1 Å². The molecule has 0 radical (unpaired) electrons. The van der Waals surface area contributed by atoms with Gasteiger partial charge in [0.25, 0.3) is 0 Å². The molecule has 1 atom stereocenters. The van der Waals surface area contributed by atoms with Gasteiger partial charge in [0.1, 0.15) is 17.5 Å². The summed E-state index contributed by atoms with van der Waals surface area (Å²) < 4.78 is 10.4. The standard InChI is InChI=1S/C11H14N2O3/c1-13-10-7(16-3)5-4-6(15-2)8(10)9(12)11(13)14/h4-5,9H,12H2,1-3H3. The number of likely N-dealkylation sites (N-methyl/N-ethyl adjacent to an activating group) is 1. The van der Waals surface area contributed by atoms with Crippen LogP contribution < -0.4 is 20.1 Å². The molecule has 0 aliphatic carbocycles. The lowest BCUT2D eigenvalue weighted by atomic mass is 10.1. The molecule has 2 rings (SSSR count). The molecule has 5 heteroatoms. The van der Waals surface area contributed by atoms with Gasteiger partial charge in [-0.2, -0.15) is 0 Å². The van der Waals surface area contributed by atoms with E-state index in [1.807, 2.05) is 0 Å². The van der Waals surface area contributed by atoms with E-state index in [1.54, 1.807) is 33.4 Å². The highest BCUT2D eigenvalue weighted by atomic mass is 16.5. The Morgan fingerprint density at radius 1 is 1.25 bits per heavy atom. The maximum absolute atomic E-state index is 11.8. The van der Waals surface area contributed by atoms with Gasteiger partial charge >= 0.3 is 0 Å². The second-order valence-corrected chi connectivity index (χ2v) is 3.61. The molecule has 0 spiro atoms. The molecule has 2 N–H and O–H groups in total. The first kappa shape index (κ1) is 10.8. The molecule has 86 valence electrons. The van der Waals surface area contributed by atoms with E-state index in [4.69, 9.17) is 15.2 Å². The van der Waals surface area contributed by atoms with Crippen molar-refractivity contribution in [2.24, 2.45) is 5.73 Å². The van der Waals surface area contributed by atoms with Crippen LogP contribution in [0.15, 0.2) is 12.1 Å². The number of fused-ring (bicyclic) bond motifs is 1. The van der Waals surface area contributed by atoms with Crippen LogP contribution in [0.4, 0.5) is 5.69 Å². The average molecular weight is 222 g/mol. The number of hydrogen-bond acceptors (Lipinski definition) is 4. The van der Waals surface area contributed by atoms with E-state index in [0.29, 0.717) is 22.7 Å². The van der Waals surface area contributed by atoms with E-state index in [2.05, 4.69) is 0 Å². The van der Waals surface area contributed by atoms with Gasteiger partial charge in [0, 0.05) is 12.6 Å². The predicted molar refractivity (Wildman–Crippen MR) is 59.9 cm³/mol. The van der Waals surface area contributed by atoms with Crippen LogP contribution in [0.2, 0.25) is 0 Å². The predicted octanol–water partition coefficient (Wildman–Crippen LogP) is 0.680. The van der Waals surface area contributed by atoms with Gasteiger partial charge in [0.05, 0.1) is 19.9 Å². The zero-order valence-corrected chi connectivity index (χ0v) is 9.48. The Morgan fingerprint density at radius 3 is 2.38 bits per heavy atom. The summed E-state index contributed by atoms with van der Waals surface area (Å²) in [7, 11) is 4.79. The van der Waals surface area contributed by atoms with Gasteiger partial charge in [-0.15, -0.1) is 0 Å². The first-order valence-electron chi connectivity index (χ1n) is 4.89. The highest BCUT2D eigenvalue weighted by molar-refractivity contribution is 6.06. The molecule has 1 amide bonds. The largest absolute Gasteiger partial charge is 0.496 e. The first-order chi connectivity index (χ1) is 7.61. The number of carbonyl (C=O) groups is 1. The quantitative estimate of drug-likeness (QED) is 0.799. The second-order valence-electron chi connectivity index (χ2n) is 3.61. The van der Waals surface area contributed by atoms with Crippen molar-refractivity contribution < 1.29 is 14.3 Å². The summed E-state index contributed by atoms with van der Waals surface area (Å²) in [5.41, 5.74) is 7.24. The summed E-state index contributed by atoms with van der Waals surface area (Å²) in [4.78, 5) is 13.3. The average Bonchev–Trinajstić information content (AvgIpc) is 2.54. The van der Waals surface area contributed by atoms with Crippen LogP contribution >= 0.6 is 0 Å². The zero-order valence-electron chi connectivity index (χ0n) is 9.48. The van der Waals surface area contributed by atoms with Crippen molar-refractivity contribution in [3.05, 3.63) is 17.7 Å². The van der Waals surface area contributed by atoms with Gasteiger partial charge < -0.3 is 20.1 Å². The summed E-state index contributed by atoms with van der Waals surface area (Å²) in [6.45, 7) is 0. The molecule has 1 aliphatic heterocycles. The van der Waals surface area contributed by atoms with Crippen LogP contribution in [0.5, 0.6) is 11.5 Å². The molecule has 0 fully saturated rings. The van der Waals surface area contributed by atoms with Crippen molar-refractivity contribution in [1.82, 2.24) is 0 Å². The van der Waals surface area contributed by atoms with E-state index in [-0.39, 0.29) is 5.91 Å². The van der Waals surface area contributed by atoms with Crippen molar-refractivity contribution in [3.63, 3.8) is 0 Å². The third-order valence-corrected chi connectivity index (χ3v) is 2.82. The molecule has 0 saturated heterocycles. The number of hydrogen-bond donors (Lipinski definition) is 1. The molecule has 16 heavy (non-hydrogen) atoms. The first-order valence-corrected chi connectivity index (χ1v) is 4.89. The Labute approximate surface area is 93.7 Å². The van der Waals surface area contributed by atoms with Crippen LogP contribution in [-0.2, 0) is 4.79 Å². The lowest BCUT2D eigenvalue weighted by Gasteiger charge is -2.15. The Kier molecular flexibility index (Phi) is 2.47. The number of benzene rings is 1. The van der Waals surface area contributed by atoms with Gasteiger partial charge in [0.2, 0.25) is 5.91 Å². The van der Waals surface area contributed by atoms with Gasteiger partial charge in [0.15, 0.2) is 0 Å². The number of rotatable bonds is 2. The Morgan fingerprint density at radius 2 is 1.81 bits per heavy atom. The number of anilines is 1. The molecule has 0 bridgehead atoms. The van der Waals surface area contributed by atoms with Crippen LogP contribution in [0.25, 0.3) is 0 Å². The normalized spacial score (nSPS) is 18.6. The number of carbonyl (C=O) groups excluding carboxylic acids is 1. The third kappa shape index (κ3) is 1.25. The fourth-order valence-electron chi connectivity index (χ4n) is 2.00. The van der Waals surface area contributed by atoms with Crippen molar-refractivity contribution in [3.8, 4) is 11.5 Å². The SMILES string of the molecule is COc1ccc(OC)c2c1C(N)C(=O)N2C. The minimum Gasteiger partial charge on any atom is -0.496 e. The van der Waals surface area contributed by atoms with Crippen LogP contribution in [-0.4, -0.2) is 27.2 Å². The lowest BCUT2D eigenvalue weighted by Crippen LogP contribution is -2.28. The Hall–Kier alpha value is -1.75. The molecule has 0 saturated carbocycles. The molecular weight excluding hydrogens is 208 g/mol. The number of nitrogens with zero attached hydrogens (tertiary/aromatic N) is 1. The van der Waals surface area contributed by atoms with E-state index < -0.39 is 6.04 Å². The molecular formula is C11H14N2O3.